The van der Waals surface area contributed by atoms with Gasteiger partial charge in [-0.05, 0) is 37.8 Å². The maximum atomic E-state index is 10.8. The van der Waals surface area contributed by atoms with Gasteiger partial charge < -0.3 is 15.6 Å². The van der Waals surface area contributed by atoms with Crippen LogP contribution in [0.2, 0.25) is 0 Å². The monoisotopic (exact) mass is 289 g/mol. The van der Waals surface area contributed by atoms with Crippen LogP contribution in [0.15, 0.2) is 35.9 Å². The van der Waals surface area contributed by atoms with Crippen molar-refractivity contribution in [1.82, 2.24) is 0 Å². The molecule has 0 heterocycles. The number of aromatic carboxylic acids is 1. The molecule has 1 aliphatic rings. The van der Waals surface area contributed by atoms with Crippen LogP contribution in [0.4, 0.5) is 5.69 Å². The number of anilines is 1. The van der Waals surface area contributed by atoms with Gasteiger partial charge in [-0.3, -0.25) is 0 Å². The number of benzene rings is 1. The summed E-state index contributed by atoms with van der Waals surface area (Å²) in [5, 5.41) is 8.49. The predicted octanol–water partition coefficient (Wildman–Crippen LogP) is 3.53. The summed E-state index contributed by atoms with van der Waals surface area (Å²) in [6.45, 7) is 6.31. The molecule has 114 valence electrons. The predicted molar refractivity (Wildman–Crippen MR) is 84.1 cm³/mol. The molecule has 2 unspecified atom stereocenters. The fraction of sp³-hybridized carbons (Fsp3) is 0.412. The Hall–Kier alpha value is -2.10. The topological polar surface area (TPSA) is 80.4 Å². The lowest BCUT2D eigenvalue weighted by molar-refractivity contribution is -0.117. The Labute approximate surface area is 125 Å². The first-order chi connectivity index (χ1) is 9.80. The van der Waals surface area contributed by atoms with Crippen LogP contribution < -0.4 is 5.73 Å². The number of aldehydes is 1. The molecule has 21 heavy (non-hydrogen) atoms. The zero-order valence-electron chi connectivity index (χ0n) is 12.8. The standard InChI is InChI=1S/C10H16O.C7H7NO2/c1-8-4-5-10(3,7-11)9(2)6-8;8-6-4-2-1-3-5(6)7(9)10/h6-7,9H,4-5H2,1-3H3;1-4H,8H2,(H,9,10). The SMILES string of the molecule is CC1=CC(C)C(C)(C=O)CC1.Nc1ccccc1C(=O)O. The molecular formula is C17H23NO3. The van der Waals surface area contributed by atoms with E-state index in [9.17, 15) is 9.59 Å². The van der Waals surface area contributed by atoms with E-state index in [0.29, 0.717) is 11.6 Å². The van der Waals surface area contributed by atoms with Crippen LogP contribution >= 0.6 is 0 Å². The number of nitrogen functional groups attached to an aromatic ring is 1. The zero-order valence-corrected chi connectivity index (χ0v) is 12.8. The lowest BCUT2D eigenvalue weighted by atomic mass is 9.71. The molecule has 0 fully saturated rings. The van der Waals surface area contributed by atoms with Crippen LogP contribution in [0.1, 0.15) is 44.0 Å². The van der Waals surface area contributed by atoms with Crippen molar-refractivity contribution in [1.29, 1.82) is 0 Å². The van der Waals surface area contributed by atoms with E-state index in [1.807, 2.05) is 6.92 Å². The highest BCUT2D eigenvalue weighted by Crippen LogP contribution is 2.37. The van der Waals surface area contributed by atoms with Crippen molar-refractivity contribution in [2.24, 2.45) is 11.3 Å². The van der Waals surface area contributed by atoms with E-state index in [2.05, 4.69) is 19.9 Å². The Balaban J connectivity index is 0.000000211. The summed E-state index contributed by atoms with van der Waals surface area (Å²) in [5.41, 5.74) is 7.13. The largest absolute Gasteiger partial charge is 0.478 e. The minimum absolute atomic E-state index is 0.0977. The van der Waals surface area contributed by atoms with Crippen molar-refractivity contribution in [3.05, 3.63) is 41.5 Å². The highest BCUT2D eigenvalue weighted by Gasteiger charge is 2.31. The van der Waals surface area contributed by atoms with Gasteiger partial charge in [-0.25, -0.2) is 4.79 Å². The molecule has 0 saturated heterocycles. The number of rotatable bonds is 2. The van der Waals surface area contributed by atoms with E-state index < -0.39 is 5.97 Å². The van der Waals surface area contributed by atoms with E-state index in [-0.39, 0.29) is 11.0 Å². The molecule has 0 spiro atoms. The van der Waals surface area contributed by atoms with Crippen molar-refractivity contribution in [2.75, 3.05) is 5.73 Å². The Morgan fingerprint density at radius 2 is 2.05 bits per heavy atom. The molecule has 0 saturated carbocycles. The third-order valence-electron chi connectivity index (χ3n) is 4.09. The zero-order chi connectivity index (χ0) is 16.0. The molecule has 0 amide bonds. The Morgan fingerprint density at radius 3 is 2.48 bits per heavy atom. The normalized spacial score (nSPS) is 24.3. The third kappa shape index (κ3) is 4.45. The summed E-state index contributed by atoms with van der Waals surface area (Å²) in [4.78, 5) is 21.1. The number of carboxylic acids is 1. The smallest absolute Gasteiger partial charge is 0.337 e. The van der Waals surface area contributed by atoms with Crippen molar-refractivity contribution in [2.45, 2.75) is 33.6 Å². The van der Waals surface area contributed by atoms with E-state index >= 15 is 0 Å². The minimum Gasteiger partial charge on any atom is -0.478 e. The molecule has 0 aromatic heterocycles. The highest BCUT2D eigenvalue weighted by molar-refractivity contribution is 5.93. The molecule has 4 nitrogen and oxygen atoms in total. The first-order valence-corrected chi connectivity index (χ1v) is 7.01. The van der Waals surface area contributed by atoms with E-state index in [1.165, 1.54) is 11.6 Å². The van der Waals surface area contributed by atoms with Crippen molar-refractivity contribution < 1.29 is 14.7 Å². The van der Waals surface area contributed by atoms with Crippen molar-refractivity contribution >= 4 is 17.9 Å². The van der Waals surface area contributed by atoms with Crippen LogP contribution in [-0.2, 0) is 4.79 Å². The lowest BCUT2D eigenvalue weighted by Gasteiger charge is -2.32. The molecule has 0 bridgehead atoms. The number of nitrogens with two attached hydrogens (primary N) is 1. The van der Waals surface area contributed by atoms with Gasteiger partial charge in [0, 0.05) is 11.1 Å². The van der Waals surface area contributed by atoms with Gasteiger partial charge in [-0.15, -0.1) is 0 Å². The maximum Gasteiger partial charge on any atom is 0.337 e. The molecule has 1 aromatic carbocycles. The van der Waals surface area contributed by atoms with E-state index in [1.54, 1.807) is 18.2 Å². The number of carboxylic acid groups (broad SMARTS) is 1. The number of carbonyl (C=O) groups excluding carboxylic acids is 1. The first kappa shape index (κ1) is 17.0. The second-order valence-corrected chi connectivity index (χ2v) is 5.82. The Kier molecular flexibility index (Phi) is 5.70. The van der Waals surface area contributed by atoms with Gasteiger partial charge in [-0.2, -0.15) is 0 Å². The summed E-state index contributed by atoms with van der Waals surface area (Å²) < 4.78 is 0. The average Bonchev–Trinajstić information content (AvgIpc) is 2.44. The lowest BCUT2D eigenvalue weighted by Crippen LogP contribution is -2.28. The molecule has 0 radical (unpaired) electrons. The van der Waals surface area contributed by atoms with Crippen LogP contribution in [0.25, 0.3) is 0 Å². The molecule has 1 aliphatic carbocycles. The van der Waals surface area contributed by atoms with Crippen LogP contribution in [0.5, 0.6) is 0 Å². The molecule has 2 atom stereocenters. The highest BCUT2D eigenvalue weighted by atomic mass is 16.4. The number of para-hydroxylation sites is 1. The molecule has 3 N–H and O–H groups in total. The summed E-state index contributed by atoms with van der Waals surface area (Å²) in [6.07, 6.45) is 5.43. The summed E-state index contributed by atoms with van der Waals surface area (Å²) in [5.74, 6) is -0.577. The van der Waals surface area contributed by atoms with Gasteiger partial charge in [0.1, 0.15) is 6.29 Å². The second kappa shape index (κ2) is 7.07. The number of carbonyl (C=O) groups is 2. The maximum absolute atomic E-state index is 10.8. The fourth-order valence-electron chi connectivity index (χ4n) is 2.25. The minimum atomic E-state index is -0.988. The summed E-state index contributed by atoms with van der Waals surface area (Å²) >= 11 is 0. The van der Waals surface area contributed by atoms with Crippen molar-refractivity contribution in [3.63, 3.8) is 0 Å². The number of hydrogen-bond acceptors (Lipinski definition) is 3. The molecule has 1 aromatic rings. The van der Waals surface area contributed by atoms with Gasteiger partial charge in [0.2, 0.25) is 0 Å². The van der Waals surface area contributed by atoms with Gasteiger partial charge >= 0.3 is 5.97 Å². The molecule has 0 aliphatic heterocycles. The van der Waals surface area contributed by atoms with Crippen LogP contribution in [-0.4, -0.2) is 17.4 Å². The molecular weight excluding hydrogens is 266 g/mol. The Morgan fingerprint density at radius 1 is 1.43 bits per heavy atom. The average molecular weight is 289 g/mol. The third-order valence-corrected chi connectivity index (χ3v) is 4.09. The van der Waals surface area contributed by atoms with E-state index in [0.717, 1.165) is 19.1 Å². The number of hydrogen-bond donors (Lipinski definition) is 2. The van der Waals surface area contributed by atoms with Crippen LogP contribution in [0.3, 0.4) is 0 Å². The first-order valence-electron chi connectivity index (χ1n) is 7.01. The van der Waals surface area contributed by atoms with E-state index in [4.69, 9.17) is 10.8 Å². The summed E-state index contributed by atoms with van der Waals surface area (Å²) in [6, 6.07) is 6.36. The molecule has 4 heteroatoms. The fourth-order valence-corrected chi connectivity index (χ4v) is 2.25. The van der Waals surface area contributed by atoms with Gasteiger partial charge in [0.15, 0.2) is 0 Å². The van der Waals surface area contributed by atoms with Gasteiger partial charge in [0.25, 0.3) is 0 Å². The van der Waals surface area contributed by atoms with Gasteiger partial charge in [-0.1, -0.05) is 37.6 Å². The second-order valence-electron chi connectivity index (χ2n) is 5.82. The van der Waals surface area contributed by atoms with Crippen molar-refractivity contribution in [3.8, 4) is 0 Å². The number of allylic oxidation sites excluding steroid dienone is 2. The summed E-state index contributed by atoms with van der Waals surface area (Å²) in [7, 11) is 0. The molecule has 2 rings (SSSR count). The van der Waals surface area contributed by atoms with Crippen LogP contribution in [0, 0.1) is 11.3 Å². The van der Waals surface area contributed by atoms with Gasteiger partial charge in [0.05, 0.1) is 5.56 Å². The Bertz CT molecular complexity index is 551. The quantitative estimate of drug-likeness (QED) is 0.496.